The highest BCUT2D eigenvalue weighted by molar-refractivity contribution is 5.85. The molecule has 0 aliphatic rings. The number of halogens is 1. The largest absolute Gasteiger partial charge is 0.493 e. The SMILES string of the molecule is CCOc1ccc(C(C)NCc2c(C)nn(C)c2N(C)C)cc1OC.Cl. The summed E-state index contributed by atoms with van der Waals surface area (Å²) in [6.45, 7) is 7.54. The van der Waals surface area contributed by atoms with Gasteiger partial charge in [-0.3, -0.25) is 4.68 Å². The van der Waals surface area contributed by atoms with Crippen LogP contribution in [0.3, 0.4) is 0 Å². The van der Waals surface area contributed by atoms with Gasteiger partial charge in [0.25, 0.3) is 0 Å². The fraction of sp³-hybridized carbons (Fsp3) is 0.526. The summed E-state index contributed by atoms with van der Waals surface area (Å²) in [6.07, 6.45) is 0. The molecule has 1 atom stereocenters. The van der Waals surface area contributed by atoms with Crippen LogP contribution < -0.4 is 19.7 Å². The molecule has 1 aromatic carbocycles. The van der Waals surface area contributed by atoms with Gasteiger partial charge in [-0.05, 0) is 38.5 Å². The van der Waals surface area contributed by atoms with Gasteiger partial charge in [0.1, 0.15) is 5.82 Å². The smallest absolute Gasteiger partial charge is 0.161 e. The number of aryl methyl sites for hydroxylation is 2. The molecular formula is C19H31ClN4O2. The first kappa shape index (κ1) is 22.1. The maximum Gasteiger partial charge on any atom is 0.161 e. The quantitative estimate of drug-likeness (QED) is 0.757. The lowest BCUT2D eigenvalue weighted by Crippen LogP contribution is -2.21. The van der Waals surface area contributed by atoms with Crippen LogP contribution in [0, 0.1) is 6.92 Å². The summed E-state index contributed by atoms with van der Waals surface area (Å²) in [5, 5.41) is 8.13. The summed E-state index contributed by atoms with van der Waals surface area (Å²) in [5.74, 6) is 2.67. The molecule has 1 unspecified atom stereocenters. The van der Waals surface area contributed by atoms with Gasteiger partial charge in [-0.1, -0.05) is 6.07 Å². The highest BCUT2D eigenvalue weighted by Crippen LogP contribution is 2.30. The van der Waals surface area contributed by atoms with Crippen molar-refractivity contribution in [1.29, 1.82) is 0 Å². The molecule has 0 bridgehead atoms. The van der Waals surface area contributed by atoms with Crippen molar-refractivity contribution in [2.45, 2.75) is 33.4 Å². The maximum absolute atomic E-state index is 5.59. The van der Waals surface area contributed by atoms with E-state index < -0.39 is 0 Å². The van der Waals surface area contributed by atoms with Crippen molar-refractivity contribution in [3.05, 3.63) is 35.0 Å². The second-order valence-electron chi connectivity index (χ2n) is 6.35. The van der Waals surface area contributed by atoms with E-state index in [0.29, 0.717) is 6.61 Å². The van der Waals surface area contributed by atoms with Crippen molar-refractivity contribution in [2.75, 3.05) is 32.7 Å². The van der Waals surface area contributed by atoms with E-state index in [9.17, 15) is 0 Å². The molecule has 0 aliphatic carbocycles. The highest BCUT2D eigenvalue weighted by atomic mass is 35.5. The number of methoxy groups -OCH3 is 1. The molecule has 146 valence electrons. The number of aromatic nitrogens is 2. The standard InChI is InChI=1S/C19H30N4O2.ClH/c1-8-25-17-10-9-15(11-18(17)24-7)13(2)20-12-16-14(3)21-23(6)19(16)22(4)5;/h9-11,13,20H,8,12H2,1-7H3;1H. The van der Waals surface area contributed by atoms with Crippen molar-refractivity contribution < 1.29 is 9.47 Å². The minimum Gasteiger partial charge on any atom is -0.493 e. The second-order valence-corrected chi connectivity index (χ2v) is 6.35. The number of ether oxygens (including phenoxy) is 2. The Morgan fingerprint density at radius 2 is 1.96 bits per heavy atom. The van der Waals surface area contributed by atoms with Gasteiger partial charge in [0.2, 0.25) is 0 Å². The van der Waals surface area contributed by atoms with Gasteiger partial charge < -0.3 is 19.7 Å². The average Bonchev–Trinajstić information content (AvgIpc) is 2.86. The van der Waals surface area contributed by atoms with Crippen LogP contribution in [-0.2, 0) is 13.6 Å². The van der Waals surface area contributed by atoms with E-state index in [1.165, 1.54) is 5.56 Å². The van der Waals surface area contributed by atoms with Gasteiger partial charge in [-0.15, -0.1) is 12.4 Å². The fourth-order valence-electron chi connectivity index (χ4n) is 3.06. The molecule has 0 saturated carbocycles. The van der Waals surface area contributed by atoms with E-state index in [1.54, 1.807) is 7.11 Å². The third-order valence-corrected chi connectivity index (χ3v) is 4.31. The van der Waals surface area contributed by atoms with Crippen molar-refractivity contribution >= 4 is 18.2 Å². The van der Waals surface area contributed by atoms with Crippen LogP contribution >= 0.6 is 12.4 Å². The van der Waals surface area contributed by atoms with E-state index in [1.807, 2.05) is 44.9 Å². The number of anilines is 1. The number of nitrogens with zero attached hydrogens (tertiary/aromatic N) is 3. The lowest BCUT2D eigenvalue weighted by Gasteiger charge is -2.19. The van der Waals surface area contributed by atoms with Gasteiger partial charge in [0, 0.05) is 39.3 Å². The van der Waals surface area contributed by atoms with E-state index >= 15 is 0 Å². The first-order valence-corrected chi connectivity index (χ1v) is 8.62. The monoisotopic (exact) mass is 382 g/mol. The Morgan fingerprint density at radius 1 is 1.27 bits per heavy atom. The third kappa shape index (κ3) is 4.83. The van der Waals surface area contributed by atoms with Crippen LogP contribution in [0.5, 0.6) is 11.5 Å². The van der Waals surface area contributed by atoms with Crippen molar-refractivity contribution in [1.82, 2.24) is 15.1 Å². The molecule has 0 radical (unpaired) electrons. The van der Waals surface area contributed by atoms with Crippen LogP contribution in [0.15, 0.2) is 18.2 Å². The predicted octanol–water partition coefficient (Wildman–Crippen LogP) is 3.47. The van der Waals surface area contributed by atoms with Crippen LogP contribution in [-0.4, -0.2) is 37.6 Å². The molecule has 6 nitrogen and oxygen atoms in total. The zero-order valence-electron chi connectivity index (χ0n) is 16.8. The van der Waals surface area contributed by atoms with Crippen molar-refractivity contribution in [3.63, 3.8) is 0 Å². The van der Waals surface area contributed by atoms with Crippen molar-refractivity contribution in [3.8, 4) is 11.5 Å². The van der Waals surface area contributed by atoms with Gasteiger partial charge in [-0.2, -0.15) is 5.10 Å². The van der Waals surface area contributed by atoms with Gasteiger partial charge in [0.15, 0.2) is 11.5 Å². The molecule has 1 N–H and O–H groups in total. The molecule has 0 saturated heterocycles. The van der Waals surface area contributed by atoms with E-state index in [2.05, 4.69) is 35.2 Å². The topological polar surface area (TPSA) is 51.5 Å². The molecule has 0 amide bonds. The molecule has 2 rings (SSSR count). The Morgan fingerprint density at radius 3 is 2.54 bits per heavy atom. The Balaban J connectivity index is 0.00000338. The third-order valence-electron chi connectivity index (χ3n) is 4.31. The number of hydrogen-bond acceptors (Lipinski definition) is 5. The van der Waals surface area contributed by atoms with Crippen LogP contribution in [0.25, 0.3) is 0 Å². The molecule has 2 aromatic rings. The summed E-state index contributed by atoms with van der Waals surface area (Å²) in [5.41, 5.74) is 3.43. The summed E-state index contributed by atoms with van der Waals surface area (Å²) >= 11 is 0. The number of benzene rings is 1. The number of rotatable bonds is 8. The maximum atomic E-state index is 5.59. The first-order valence-electron chi connectivity index (χ1n) is 8.62. The first-order chi connectivity index (χ1) is 11.9. The Bertz CT molecular complexity index is 716. The number of hydrogen-bond donors (Lipinski definition) is 1. The van der Waals surface area contributed by atoms with Crippen molar-refractivity contribution in [2.24, 2.45) is 7.05 Å². The lowest BCUT2D eigenvalue weighted by molar-refractivity contribution is 0.310. The van der Waals surface area contributed by atoms with Crippen LogP contribution in [0.4, 0.5) is 5.82 Å². The molecule has 26 heavy (non-hydrogen) atoms. The summed E-state index contributed by atoms with van der Waals surface area (Å²) in [4.78, 5) is 2.10. The van der Waals surface area contributed by atoms with E-state index in [-0.39, 0.29) is 18.4 Å². The predicted molar refractivity (Wildman–Crippen MR) is 109 cm³/mol. The molecule has 0 spiro atoms. The normalized spacial score (nSPS) is 11.7. The van der Waals surface area contributed by atoms with Crippen LogP contribution in [0.2, 0.25) is 0 Å². The Kier molecular flexibility index (Phi) is 8.24. The van der Waals surface area contributed by atoms with Gasteiger partial charge in [0.05, 0.1) is 19.4 Å². The zero-order valence-corrected chi connectivity index (χ0v) is 17.6. The number of nitrogens with one attached hydrogen (secondary N) is 1. The summed E-state index contributed by atoms with van der Waals surface area (Å²) in [7, 11) is 7.73. The van der Waals surface area contributed by atoms with Crippen LogP contribution in [0.1, 0.15) is 36.7 Å². The minimum atomic E-state index is 0. The Hall–Kier alpha value is -1.92. The fourth-order valence-corrected chi connectivity index (χ4v) is 3.06. The van der Waals surface area contributed by atoms with Gasteiger partial charge >= 0.3 is 0 Å². The molecular weight excluding hydrogens is 352 g/mol. The van der Waals surface area contributed by atoms with Gasteiger partial charge in [-0.25, -0.2) is 0 Å². The molecule has 7 heteroatoms. The second kappa shape index (κ2) is 9.69. The summed E-state index contributed by atoms with van der Waals surface area (Å²) in [6, 6.07) is 6.26. The molecule has 0 fully saturated rings. The minimum absolute atomic E-state index is 0. The Labute approximate surface area is 162 Å². The van der Waals surface area contributed by atoms with E-state index in [4.69, 9.17) is 9.47 Å². The molecule has 1 aromatic heterocycles. The highest BCUT2D eigenvalue weighted by Gasteiger charge is 2.16. The lowest BCUT2D eigenvalue weighted by atomic mass is 10.1. The summed E-state index contributed by atoms with van der Waals surface area (Å²) < 4.78 is 13.0. The average molecular weight is 383 g/mol. The molecule has 1 heterocycles. The zero-order chi connectivity index (χ0) is 18.6. The molecule has 0 aliphatic heterocycles. The van der Waals surface area contributed by atoms with E-state index in [0.717, 1.165) is 35.1 Å².